The third-order valence-corrected chi connectivity index (χ3v) is 2.61. The lowest BCUT2D eigenvalue weighted by Crippen LogP contribution is -1.88. The molecule has 48 valence electrons. The van der Waals surface area contributed by atoms with E-state index in [1.54, 1.807) is 11.1 Å². The fourth-order valence-electron chi connectivity index (χ4n) is 1.93. The fraction of sp³-hybridized carbons (Fsp3) is 0.556. The van der Waals surface area contributed by atoms with Crippen molar-refractivity contribution in [2.75, 3.05) is 0 Å². The van der Waals surface area contributed by atoms with Gasteiger partial charge in [-0.25, -0.2) is 0 Å². The molecule has 2 aliphatic carbocycles. The Balaban J connectivity index is 2.34. The number of rotatable bonds is 0. The molecule has 0 heterocycles. The van der Waals surface area contributed by atoms with Gasteiger partial charge in [-0.1, -0.05) is 23.3 Å². The van der Waals surface area contributed by atoms with Gasteiger partial charge in [-0.3, -0.25) is 0 Å². The normalized spacial score (nSPS) is 38.9. The minimum Gasteiger partial charge on any atom is -0.0778 e. The van der Waals surface area contributed by atoms with Crippen molar-refractivity contribution in [3.05, 3.63) is 23.3 Å². The molecule has 0 N–H and O–H groups in total. The predicted octanol–water partition coefficient (Wildman–Crippen LogP) is 2.53. The highest BCUT2D eigenvalue weighted by molar-refractivity contribution is 5.33. The van der Waals surface area contributed by atoms with Crippen LogP contribution in [-0.2, 0) is 0 Å². The molecule has 2 aliphatic rings. The third-order valence-electron chi connectivity index (χ3n) is 2.61. The number of hydrogen-bond acceptors (Lipinski definition) is 0. The van der Waals surface area contributed by atoms with Crippen molar-refractivity contribution in [3.63, 3.8) is 0 Å². The summed E-state index contributed by atoms with van der Waals surface area (Å²) in [6.07, 6.45) is 6.21. The first-order chi connectivity index (χ1) is 4.27. The first-order valence-electron chi connectivity index (χ1n) is 3.64. The lowest BCUT2D eigenvalue weighted by molar-refractivity contribution is 0.700. The summed E-state index contributed by atoms with van der Waals surface area (Å²) < 4.78 is 0. The summed E-state index contributed by atoms with van der Waals surface area (Å²) in [4.78, 5) is 0. The first kappa shape index (κ1) is 5.28. The second-order valence-corrected chi connectivity index (χ2v) is 3.27. The van der Waals surface area contributed by atoms with Gasteiger partial charge in [0.25, 0.3) is 0 Å². The Morgan fingerprint density at radius 2 is 1.56 bits per heavy atom. The van der Waals surface area contributed by atoms with Crippen LogP contribution in [0.1, 0.15) is 20.3 Å². The zero-order valence-corrected chi connectivity index (χ0v) is 6.02. The SMILES string of the molecule is CC1=C[C@@H]2CC1C=C2C. The Morgan fingerprint density at radius 1 is 1.11 bits per heavy atom. The van der Waals surface area contributed by atoms with Crippen LogP contribution in [0, 0.1) is 11.8 Å². The molecule has 2 atom stereocenters. The molecule has 0 amide bonds. The van der Waals surface area contributed by atoms with Gasteiger partial charge in [0, 0.05) is 0 Å². The van der Waals surface area contributed by atoms with E-state index in [-0.39, 0.29) is 0 Å². The van der Waals surface area contributed by atoms with E-state index in [9.17, 15) is 0 Å². The van der Waals surface area contributed by atoms with Gasteiger partial charge in [0.1, 0.15) is 0 Å². The lowest BCUT2D eigenvalue weighted by Gasteiger charge is -2.04. The Hall–Kier alpha value is -0.520. The van der Waals surface area contributed by atoms with Crippen LogP contribution in [-0.4, -0.2) is 0 Å². The Morgan fingerprint density at radius 3 is 1.78 bits per heavy atom. The zero-order chi connectivity index (χ0) is 6.43. The largest absolute Gasteiger partial charge is 0.0778 e. The third kappa shape index (κ3) is 0.592. The van der Waals surface area contributed by atoms with Crippen LogP contribution in [0.3, 0.4) is 0 Å². The molecule has 0 aromatic heterocycles. The van der Waals surface area contributed by atoms with E-state index < -0.39 is 0 Å². The summed E-state index contributed by atoms with van der Waals surface area (Å²) in [6.45, 7) is 4.49. The molecule has 0 nitrogen and oxygen atoms in total. The van der Waals surface area contributed by atoms with Crippen LogP contribution >= 0.6 is 0 Å². The van der Waals surface area contributed by atoms with Gasteiger partial charge in [-0.05, 0) is 32.1 Å². The fourth-order valence-corrected chi connectivity index (χ4v) is 1.93. The maximum atomic E-state index is 2.42. The summed E-state index contributed by atoms with van der Waals surface area (Å²) in [7, 11) is 0. The van der Waals surface area contributed by atoms with E-state index in [1.807, 2.05) is 0 Å². The maximum absolute atomic E-state index is 2.42. The van der Waals surface area contributed by atoms with Gasteiger partial charge in [0.05, 0.1) is 0 Å². The zero-order valence-electron chi connectivity index (χ0n) is 6.02. The Kier molecular flexibility index (Phi) is 0.879. The second kappa shape index (κ2) is 1.50. The van der Waals surface area contributed by atoms with Gasteiger partial charge >= 0.3 is 0 Å². The number of allylic oxidation sites excluding steroid dienone is 4. The summed E-state index contributed by atoms with van der Waals surface area (Å²) in [6, 6.07) is 0. The summed E-state index contributed by atoms with van der Waals surface area (Å²) in [5, 5.41) is 0. The standard InChI is InChI=1S/C9H12/c1-6-3-9-5-8(6)4-7(9)2/h3-4,8-9H,5H2,1-2H3/t8-,9?/m1/s1. The molecular weight excluding hydrogens is 108 g/mol. The van der Waals surface area contributed by atoms with Gasteiger partial charge in [0.2, 0.25) is 0 Å². The van der Waals surface area contributed by atoms with Crippen molar-refractivity contribution in [2.24, 2.45) is 11.8 Å². The van der Waals surface area contributed by atoms with Crippen LogP contribution in [0.4, 0.5) is 0 Å². The molecule has 0 heteroatoms. The Bertz CT molecular complexity index is 174. The van der Waals surface area contributed by atoms with Crippen molar-refractivity contribution in [3.8, 4) is 0 Å². The smallest absolute Gasteiger partial charge is 0.00144 e. The van der Waals surface area contributed by atoms with Crippen molar-refractivity contribution in [1.82, 2.24) is 0 Å². The molecule has 0 saturated heterocycles. The van der Waals surface area contributed by atoms with E-state index >= 15 is 0 Å². The van der Waals surface area contributed by atoms with E-state index in [0.717, 1.165) is 11.8 Å². The van der Waals surface area contributed by atoms with Gasteiger partial charge in [-0.2, -0.15) is 0 Å². The average molecular weight is 120 g/mol. The first-order valence-corrected chi connectivity index (χ1v) is 3.64. The van der Waals surface area contributed by atoms with Crippen molar-refractivity contribution in [1.29, 1.82) is 0 Å². The highest BCUT2D eigenvalue weighted by atomic mass is 14.3. The van der Waals surface area contributed by atoms with Gasteiger partial charge in [-0.15, -0.1) is 0 Å². The van der Waals surface area contributed by atoms with E-state index in [2.05, 4.69) is 26.0 Å². The van der Waals surface area contributed by atoms with Crippen molar-refractivity contribution < 1.29 is 0 Å². The molecule has 0 saturated carbocycles. The molecule has 1 unspecified atom stereocenters. The molecular formula is C9H12. The molecule has 0 aromatic carbocycles. The second-order valence-electron chi connectivity index (χ2n) is 3.27. The summed E-state index contributed by atoms with van der Waals surface area (Å²) in [5.74, 6) is 1.63. The molecule has 9 heavy (non-hydrogen) atoms. The van der Waals surface area contributed by atoms with Crippen LogP contribution in [0.15, 0.2) is 23.3 Å². The Labute approximate surface area is 56.3 Å². The highest BCUT2D eigenvalue weighted by Crippen LogP contribution is 2.41. The van der Waals surface area contributed by atoms with E-state index in [1.165, 1.54) is 6.42 Å². The van der Waals surface area contributed by atoms with Gasteiger partial charge < -0.3 is 0 Å². The minimum atomic E-state index is 0.815. The molecule has 0 fully saturated rings. The van der Waals surface area contributed by atoms with Crippen LogP contribution in [0.5, 0.6) is 0 Å². The molecule has 0 spiro atoms. The predicted molar refractivity (Wildman–Crippen MR) is 39.1 cm³/mol. The van der Waals surface area contributed by atoms with Crippen molar-refractivity contribution in [2.45, 2.75) is 20.3 Å². The number of hydrogen-bond donors (Lipinski definition) is 0. The molecule has 0 radical (unpaired) electrons. The summed E-state index contributed by atoms with van der Waals surface area (Å²) in [5.41, 5.74) is 3.18. The topological polar surface area (TPSA) is 0 Å². The molecule has 2 rings (SSSR count). The van der Waals surface area contributed by atoms with Crippen LogP contribution in [0.25, 0.3) is 0 Å². The lowest BCUT2D eigenvalue weighted by atomic mass is 10.0. The van der Waals surface area contributed by atoms with Crippen LogP contribution in [0.2, 0.25) is 0 Å². The van der Waals surface area contributed by atoms with E-state index in [0.29, 0.717) is 0 Å². The molecule has 2 bridgehead atoms. The van der Waals surface area contributed by atoms with Gasteiger partial charge in [0.15, 0.2) is 0 Å². The molecule has 0 aromatic rings. The maximum Gasteiger partial charge on any atom is -0.00144 e. The quantitative estimate of drug-likeness (QED) is 0.431. The minimum absolute atomic E-state index is 0.815. The van der Waals surface area contributed by atoms with E-state index in [4.69, 9.17) is 0 Å². The highest BCUT2D eigenvalue weighted by Gasteiger charge is 2.28. The summed E-state index contributed by atoms with van der Waals surface area (Å²) >= 11 is 0. The van der Waals surface area contributed by atoms with Crippen molar-refractivity contribution >= 4 is 0 Å². The monoisotopic (exact) mass is 120 g/mol. The molecule has 0 aliphatic heterocycles. The number of fused-ring (bicyclic) bond motifs is 2. The van der Waals surface area contributed by atoms with Crippen LogP contribution < -0.4 is 0 Å². The average Bonchev–Trinajstić information content (AvgIpc) is 2.24.